The molecule has 0 bridgehead atoms. The number of benzene rings is 1. The molecule has 0 atom stereocenters. The lowest BCUT2D eigenvalue weighted by Gasteiger charge is -2.05. The highest BCUT2D eigenvalue weighted by Gasteiger charge is 2.01. The van der Waals surface area contributed by atoms with Crippen molar-refractivity contribution in [3.8, 4) is 0 Å². The van der Waals surface area contributed by atoms with Crippen LogP contribution in [-0.4, -0.2) is 30.2 Å². The van der Waals surface area contributed by atoms with E-state index in [2.05, 4.69) is 31.2 Å². The average Bonchev–Trinajstić information content (AvgIpc) is 2.30. The summed E-state index contributed by atoms with van der Waals surface area (Å²) in [5, 5.41) is 4.11. The molecule has 1 aromatic heterocycles. The third-order valence-electron chi connectivity index (χ3n) is 2.16. The van der Waals surface area contributed by atoms with E-state index in [0.717, 1.165) is 15.4 Å². The lowest BCUT2D eigenvalue weighted by molar-refractivity contribution is 0.210. The molecule has 0 amide bonds. The quantitative estimate of drug-likeness (QED) is 0.875. The molecule has 0 radical (unpaired) electrons. The third kappa shape index (κ3) is 2.48. The van der Waals surface area contributed by atoms with Crippen LogP contribution in [0.4, 0.5) is 5.95 Å². The Morgan fingerprint density at radius 2 is 2.31 bits per heavy atom. The van der Waals surface area contributed by atoms with Crippen LogP contribution >= 0.6 is 15.9 Å². The standard InChI is InChI=1S/C11H12BrN3O/c1-16-6-5-13-11-14-7-8-9(12)3-2-4-10(8)15-11/h2-4,7H,5-6H2,1H3,(H,13,14,15). The van der Waals surface area contributed by atoms with E-state index in [-0.39, 0.29) is 0 Å². The molecule has 1 aromatic carbocycles. The number of ether oxygens (including phenoxy) is 1. The van der Waals surface area contributed by atoms with Crippen LogP contribution in [0.2, 0.25) is 0 Å². The van der Waals surface area contributed by atoms with Crippen molar-refractivity contribution >= 4 is 32.8 Å². The Balaban J connectivity index is 2.23. The molecule has 0 fully saturated rings. The van der Waals surface area contributed by atoms with Gasteiger partial charge in [-0.2, -0.15) is 0 Å². The fourth-order valence-corrected chi connectivity index (χ4v) is 1.83. The lowest BCUT2D eigenvalue weighted by atomic mass is 10.2. The minimum Gasteiger partial charge on any atom is -0.383 e. The predicted molar refractivity (Wildman–Crippen MR) is 67.6 cm³/mol. The Bertz CT molecular complexity index is 490. The first-order valence-corrected chi connectivity index (χ1v) is 5.74. The number of hydrogen-bond donors (Lipinski definition) is 1. The summed E-state index contributed by atoms with van der Waals surface area (Å²) in [5.41, 5.74) is 0.921. The SMILES string of the molecule is COCCNc1ncc2c(Br)cccc2n1. The second-order valence-electron chi connectivity index (χ2n) is 3.29. The van der Waals surface area contributed by atoms with Crippen molar-refractivity contribution in [3.63, 3.8) is 0 Å². The number of aromatic nitrogens is 2. The van der Waals surface area contributed by atoms with Gasteiger partial charge in [-0.05, 0) is 12.1 Å². The predicted octanol–water partition coefficient (Wildman–Crippen LogP) is 2.45. The Kier molecular flexibility index (Phi) is 3.69. The van der Waals surface area contributed by atoms with Crippen molar-refractivity contribution < 1.29 is 4.74 Å². The molecular weight excluding hydrogens is 270 g/mol. The smallest absolute Gasteiger partial charge is 0.223 e. The summed E-state index contributed by atoms with van der Waals surface area (Å²) in [6, 6.07) is 5.89. The Labute approximate surface area is 102 Å². The van der Waals surface area contributed by atoms with E-state index in [4.69, 9.17) is 4.74 Å². The molecular formula is C11H12BrN3O. The van der Waals surface area contributed by atoms with E-state index in [0.29, 0.717) is 19.1 Å². The van der Waals surface area contributed by atoms with Crippen LogP contribution in [-0.2, 0) is 4.74 Å². The van der Waals surface area contributed by atoms with E-state index in [1.54, 1.807) is 7.11 Å². The topological polar surface area (TPSA) is 47.0 Å². The largest absolute Gasteiger partial charge is 0.383 e. The van der Waals surface area contributed by atoms with Crippen molar-refractivity contribution in [2.75, 3.05) is 25.6 Å². The van der Waals surface area contributed by atoms with Crippen LogP contribution in [0.15, 0.2) is 28.9 Å². The van der Waals surface area contributed by atoms with Gasteiger partial charge >= 0.3 is 0 Å². The first-order chi connectivity index (χ1) is 7.81. The molecule has 5 heteroatoms. The fraction of sp³-hybridized carbons (Fsp3) is 0.273. The second-order valence-corrected chi connectivity index (χ2v) is 4.14. The summed E-state index contributed by atoms with van der Waals surface area (Å²) in [6.07, 6.45) is 1.81. The van der Waals surface area contributed by atoms with E-state index >= 15 is 0 Å². The molecule has 0 spiro atoms. The maximum Gasteiger partial charge on any atom is 0.223 e. The summed E-state index contributed by atoms with van der Waals surface area (Å²) in [7, 11) is 1.67. The Morgan fingerprint density at radius 3 is 3.12 bits per heavy atom. The number of nitrogens with one attached hydrogen (secondary N) is 1. The molecule has 16 heavy (non-hydrogen) atoms. The second kappa shape index (κ2) is 5.23. The number of nitrogens with zero attached hydrogens (tertiary/aromatic N) is 2. The van der Waals surface area contributed by atoms with Gasteiger partial charge in [-0.3, -0.25) is 0 Å². The first kappa shape index (κ1) is 11.3. The number of anilines is 1. The number of methoxy groups -OCH3 is 1. The van der Waals surface area contributed by atoms with Gasteiger partial charge in [-0.1, -0.05) is 22.0 Å². The summed E-state index contributed by atoms with van der Waals surface area (Å²) in [4.78, 5) is 8.63. The number of rotatable bonds is 4. The van der Waals surface area contributed by atoms with Gasteiger partial charge in [-0.15, -0.1) is 0 Å². The fourth-order valence-electron chi connectivity index (χ4n) is 1.37. The number of hydrogen-bond acceptors (Lipinski definition) is 4. The highest BCUT2D eigenvalue weighted by atomic mass is 79.9. The first-order valence-electron chi connectivity index (χ1n) is 4.95. The van der Waals surface area contributed by atoms with Gasteiger partial charge in [0.05, 0.1) is 12.1 Å². The molecule has 0 aliphatic heterocycles. The molecule has 0 aliphatic carbocycles. The Morgan fingerprint density at radius 1 is 1.44 bits per heavy atom. The van der Waals surface area contributed by atoms with Gasteiger partial charge < -0.3 is 10.1 Å². The molecule has 0 unspecified atom stereocenters. The molecule has 2 aromatic rings. The summed E-state index contributed by atoms with van der Waals surface area (Å²) < 4.78 is 5.95. The van der Waals surface area contributed by atoms with Gasteiger partial charge in [0.25, 0.3) is 0 Å². The van der Waals surface area contributed by atoms with Crippen LogP contribution in [0, 0.1) is 0 Å². The molecule has 4 nitrogen and oxygen atoms in total. The van der Waals surface area contributed by atoms with E-state index in [9.17, 15) is 0 Å². The monoisotopic (exact) mass is 281 g/mol. The van der Waals surface area contributed by atoms with Gasteiger partial charge in [0.15, 0.2) is 0 Å². The van der Waals surface area contributed by atoms with Crippen molar-refractivity contribution in [1.29, 1.82) is 0 Å². The zero-order valence-corrected chi connectivity index (χ0v) is 10.5. The van der Waals surface area contributed by atoms with E-state index in [1.807, 2.05) is 24.4 Å². The van der Waals surface area contributed by atoms with Gasteiger partial charge in [0, 0.05) is 29.7 Å². The molecule has 0 saturated heterocycles. The van der Waals surface area contributed by atoms with Gasteiger partial charge in [0.1, 0.15) is 0 Å². The van der Waals surface area contributed by atoms with E-state index in [1.165, 1.54) is 0 Å². The van der Waals surface area contributed by atoms with Crippen molar-refractivity contribution in [2.45, 2.75) is 0 Å². The normalized spacial score (nSPS) is 10.6. The van der Waals surface area contributed by atoms with Crippen LogP contribution in [0.3, 0.4) is 0 Å². The highest BCUT2D eigenvalue weighted by Crippen LogP contribution is 2.22. The minimum atomic E-state index is 0.627. The third-order valence-corrected chi connectivity index (χ3v) is 2.85. The van der Waals surface area contributed by atoms with Crippen molar-refractivity contribution in [1.82, 2.24) is 9.97 Å². The lowest BCUT2D eigenvalue weighted by Crippen LogP contribution is -2.10. The highest BCUT2D eigenvalue weighted by molar-refractivity contribution is 9.10. The van der Waals surface area contributed by atoms with Crippen LogP contribution < -0.4 is 5.32 Å². The Hall–Kier alpha value is -1.20. The maximum absolute atomic E-state index is 4.94. The van der Waals surface area contributed by atoms with Gasteiger partial charge in [0.2, 0.25) is 5.95 Å². The molecule has 1 N–H and O–H groups in total. The maximum atomic E-state index is 4.94. The zero-order valence-electron chi connectivity index (χ0n) is 8.90. The van der Waals surface area contributed by atoms with Crippen molar-refractivity contribution in [2.24, 2.45) is 0 Å². The van der Waals surface area contributed by atoms with Crippen LogP contribution in [0.5, 0.6) is 0 Å². The number of halogens is 1. The summed E-state index contributed by atoms with van der Waals surface area (Å²) in [5.74, 6) is 0.627. The van der Waals surface area contributed by atoms with Crippen LogP contribution in [0.25, 0.3) is 10.9 Å². The molecule has 84 valence electrons. The molecule has 0 aliphatic rings. The summed E-state index contributed by atoms with van der Waals surface area (Å²) in [6.45, 7) is 1.34. The van der Waals surface area contributed by atoms with Crippen molar-refractivity contribution in [3.05, 3.63) is 28.9 Å². The van der Waals surface area contributed by atoms with E-state index < -0.39 is 0 Å². The number of fused-ring (bicyclic) bond motifs is 1. The summed E-state index contributed by atoms with van der Waals surface area (Å²) >= 11 is 3.46. The molecule has 2 rings (SSSR count). The molecule has 0 saturated carbocycles. The minimum absolute atomic E-state index is 0.627. The molecule has 1 heterocycles. The van der Waals surface area contributed by atoms with Crippen LogP contribution in [0.1, 0.15) is 0 Å². The average molecular weight is 282 g/mol. The van der Waals surface area contributed by atoms with Gasteiger partial charge in [-0.25, -0.2) is 9.97 Å². The zero-order chi connectivity index (χ0) is 11.4.